The number of carbonyl (C=O) groups is 1. The number of rotatable bonds is 3. The zero-order valence-electron chi connectivity index (χ0n) is 17.5. The van der Waals surface area contributed by atoms with Crippen molar-refractivity contribution in [1.29, 1.82) is 0 Å². The van der Waals surface area contributed by atoms with E-state index in [4.69, 9.17) is 0 Å². The summed E-state index contributed by atoms with van der Waals surface area (Å²) in [6, 6.07) is 12.0. The zero-order chi connectivity index (χ0) is 20.0. The van der Waals surface area contributed by atoms with Gasteiger partial charge in [-0.25, -0.2) is 0 Å². The largest absolute Gasteiger partial charge is 0.507 e. The maximum atomic E-state index is 13.1. The van der Waals surface area contributed by atoms with E-state index in [1.54, 1.807) is 11.8 Å². The van der Waals surface area contributed by atoms with Gasteiger partial charge in [-0.2, -0.15) is 0 Å². The van der Waals surface area contributed by atoms with E-state index < -0.39 is 0 Å². The van der Waals surface area contributed by atoms with Gasteiger partial charge >= 0.3 is 0 Å². The van der Waals surface area contributed by atoms with Crippen LogP contribution in [0.1, 0.15) is 63.0 Å². The average Bonchev–Trinajstić information content (AvgIpc) is 2.96. The Labute approximate surface area is 183 Å². The molecule has 0 spiro atoms. The van der Waals surface area contributed by atoms with Crippen molar-refractivity contribution >= 4 is 40.2 Å². The Morgan fingerprint density at radius 2 is 1.57 bits per heavy atom. The van der Waals surface area contributed by atoms with Gasteiger partial charge in [-0.05, 0) is 35.1 Å². The molecule has 152 valence electrons. The molecule has 0 fully saturated rings. The van der Waals surface area contributed by atoms with E-state index in [-0.39, 0.29) is 33.6 Å². The number of para-hydroxylation sites is 1. The minimum atomic E-state index is -0.240. The Balaban J connectivity index is 0.00000280. The molecule has 0 unspecified atom stereocenters. The molecular weight excluding hydrogens is 434 g/mol. The van der Waals surface area contributed by atoms with Gasteiger partial charge in [0.2, 0.25) is 0 Å². The molecule has 0 saturated carbocycles. The van der Waals surface area contributed by atoms with Crippen LogP contribution in [0, 0.1) is 0 Å². The maximum absolute atomic E-state index is 13.1. The summed E-state index contributed by atoms with van der Waals surface area (Å²) >= 11 is 1.76. The summed E-state index contributed by atoms with van der Waals surface area (Å²) in [5.41, 5.74) is 2.98. The van der Waals surface area contributed by atoms with Crippen molar-refractivity contribution in [1.82, 2.24) is 0 Å². The molecule has 3 nitrogen and oxygen atoms in total. The summed E-state index contributed by atoms with van der Waals surface area (Å²) in [6.45, 7) is 12.7. The van der Waals surface area contributed by atoms with E-state index in [0.29, 0.717) is 17.9 Å². The number of hydrogen-bond donors (Lipinski definition) is 1. The number of thioether (sulfide) groups is 1. The molecule has 0 radical (unpaired) electrons. The average molecular weight is 464 g/mol. The van der Waals surface area contributed by atoms with Crippen molar-refractivity contribution in [3.63, 3.8) is 0 Å². The maximum Gasteiger partial charge on any atom is 0.182 e. The van der Waals surface area contributed by atoms with Gasteiger partial charge in [-0.3, -0.25) is 4.79 Å². The van der Waals surface area contributed by atoms with Gasteiger partial charge in [0, 0.05) is 21.6 Å². The highest BCUT2D eigenvalue weighted by Gasteiger charge is 2.29. The smallest absolute Gasteiger partial charge is 0.182 e. The lowest BCUT2D eigenvalue weighted by molar-refractivity contribution is 0.1000. The van der Waals surface area contributed by atoms with Gasteiger partial charge in [0.15, 0.2) is 5.78 Å². The number of halogens is 1. The van der Waals surface area contributed by atoms with Crippen LogP contribution in [0.25, 0.3) is 0 Å². The minimum Gasteiger partial charge on any atom is -0.507 e. The number of hydrogen-bond acceptors (Lipinski definition) is 4. The first-order chi connectivity index (χ1) is 12.5. The molecule has 0 aromatic heterocycles. The van der Waals surface area contributed by atoms with E-state index >= 15 is 0 Å². The van der Waals surface area contributed by atoms with Crippen LogP contribution in [0.3, 0.4) is 0 Å². The Bertz CT molecular complexity index is 846. The lowest BCUT2D eigenvalue weighted by Crippen LogP contribution is -2.28. The molecule has 1 aliphatic rings. The van der Waals surface area contributed by atoms with E-state index in [1.165, 1.54) is 4.90 Å². The van der Waals surface area contributed by atoms with Crippen molar-refractivity contribution in [3.05, 3.63) is 53.1 Å². The molecule has 0 saturated heterocycles. The van der Waals surface area contributed by atoms with Crippen molar-refractivity contribution in [2.75, 3.05) is 17.3 Å². The number of aromatic hydroxyl groups is 1. The first-order valence-electron chi connectivity index (χ1n) is 9.36. The van der Waals surface area contributed by atoms with E-state index in [0.717, 1.165) is 22.7 Å². The molecule has 1 N–H and O–H groups in total. The highest BCUT2D eigenvalue weighted by atomic mass is 79.9. The van der Waals surface area contributed by atoms with Crippen LogP contribution in [-0.2, 0) is 10.8 Å². The first kappa shape index (κ1) is 22.8. The summed E-state index contributed by atoms with van der Waals surface area (Å²) in [5.74, 6) is 1.19. The Hall–Kier alpha value is -1.46. The Morgan fingerprint density at radius 1 is 1.04 bits per heavy atom. The van der Waals surface area contributed by atoms with Gasteiger partial charge in [-0.1, -0.05) is 53.7 Å². The van der Waals surface area contributed by atoms with Crippen LogP contribution in [-0.4, -0.2) is 23.3 Å². The summed E-state index contributed by atoms with van der Waals surface area (Å²) in [6.07, 6.45) is 0. The molecule has 1 aliphatic heterocycles. The fourth-order valence-electron chi connectivity index (χ4n) is 3.39. The summed E-state index contributed by atoms with van der Waals surface area (Å²) in [5, 5.41) is 10.9. The van der Waals surface area contributed by atoms with E-state index in [2.05, 4.69) is 58.6 Å². The third-order valence-electron chi connectivity index (χ3n) is 4.96. The molecule has 0 amide bonds. The summed E-state index contributed by atoms with van der Waals surface area (Å²) < 4.78 is 0. The summed E-state index contributed by atoms with van der Waals surface area (Å²) in [4.78, 5) is 16.5. The van der Waals surface area contributed by atoms with Crippen LogP contribution in [0.2, 0.25) is 0 Å². The van der Waals surface area contributed by atoms with Crippen molar-refractivity contribution in [2.45, 2.75) is 57.3 Å². The Kier molecular flexibility index (Phi) is 6.61. The lowest BCUT2D eigenvalue weighted by atomic mass is 9.78. The molecule has 5 heteroatoms. The second-order valence-corrected chi connectivity index (χ2v) is 10.3. The van der Waals surface area contributed by atoms with Gasteiger partial charge in [0.05, 0.1) is 18.1 Å². The molecule has 1 heterocycles. The number of ketones is 1. The Morgan fingerprint density at radius 3 is 2.11 bits per heavy atom. The number of phenols is 1. The quantitative estimate of drug-likeness (QED) is 0.540. The predicted molar refractivity (Wildman–Crippen MR) is 125 cm³/mol. The van der Waals surface area contributed by atoms with Crippen LogP contribution < -0.4 is 4.90 Å². The number of nitrogens with zero attached hydrogens (tertiary/aromatic N) is 1. The number of fused-ring (bicyclic) bond motifs is 1. The van der Waals surface area contributed by atoms with Crippen molar-refractivity contribution in [3.8, 4) is 5.75 Å². The number of carbonyl (C=O) groups excluding carboxylic acids is 1. The van der Waals surface area contributed by atoms with Crippen molar-refractivity contribution in [2.24, 2.45) is 0 Å². The minimum absolute atomic E-state index is 0. The number of Topliss-reactive ketones (excluding diaryl/α,β-unsaturated/α-hetero) is 1. The van der Waals surface area contributed by atoms with Gasteiger partial charge < -0.3 is 10.0 Å². The monoisotopic (exact) mass is 463 g/mol. The number of phenolic OH excluding ortho intramolecular Hbond substituents is 1. The standard InChI is InChI=1S/C23H29NO2S.BrH/c1-22(2,3)16-11-15(12-17(21(16)26)23(4,5)6)19(25)13-24-14-27-20-10-8-7-9-18(20)24;/h7-12,26H,13-14H2,1-6H3;1H. The third-order valence-corrected chi connectivity index (χ3v) is 6.06. The fraction of sp³-hybridized carbons (Fsp3) is 0.435. The van der Waals surface area contributed by atoms with Gasteiger partial charge in [0.1, 0.15) is 5.75 Å². The predicted octanol–water partition coefficient (Wildman–Crippen LogP) is 6.32. The van der Waals surface area contributed by atoms with Gasteiger partial charge in [0.25, 0.3) is 0 Å². The van der Waals surface area contributed by atoms with Crippen molar-refractivity contribution < 1.29 is 9.90 Å². The molecule has 2 aromatic carbocycles. The van der Waals surface area contributed by atoms with Crippen LogP contribution in [0.5, 0.6) is 5.75 Å². The second kappa shape index (κ2) is 8.11. The summed E-state index contributed by atoms with van der Waals surface area (Å²) in [7, 11) is 0. The van der Waals surface area contributed by atoms with E-state index in [1.807, 2.05) is 24.3 Å². The zero-order valence-corrected chi connectivity index (χ0v) is 20.0. The fourth-order valence-corrected chi connectivity index (χ4v) is 4.44. The number of anilines is 1. The van der Waals surface area contributed by atoms with Gasteiger partial charge in [-0.15, -0.1) is 28.7 Å². The molecule has 0 atom stereocenters. The van der Waals surface area contributed by atoms with Crippen LogP contribution >= 0.6 is 28.7 Å². The highest BCUT2D eigenvalue weighted by molar-refractivity contribution is 8.93. The van der Waals surface area contributed by atoms with Crippen LogP contribution in [0.4, 0.5) is 5.69 Å². The highest BCUT2D eigenvalue weighted by Crippen LogP contribution is 2.41. The molecule has 2 aromatic rings. The lowest BCUT2D eigenvalue weighted by Gasteiger charge is -2.28. The SMILES string of the molecule is Br.CC(C)(C)c1cc(C(=O)CN2CSc3ccccc32)cc(C(C)(C)C)c1O. The molecule has 0 bridgehead atoms. The first-order valence-corrected chi connectivity index (χ1v) is 10.3. The molecule has 0 aliphatic carbocycles. The molecule has 28 heavy (non-hydrogen) atoms. The topological polar surface area (TPSA) is 40.5 Å². The second-order valence-electron chi connectivity index (χ2n) is 9.28. The normalized spacial score (nSPS) is 13.9. The molecule has 3 rings (SSSR count). The van der Waals surface area contributed by atoms with Crippen LogP contribution in [0.15, 0.2) is 41.3 Å². The molecular formula is C23H30BrNO2S. The van der Waals surface area contributed by atoms with E-state index in [9.17, 15) is 9.90 Å². The number of benzene rings is 2. The third kappa shape index (κ3) is 4.57.